The first-order chi connectivity index (χ1) is 10.5. The molecule has 0 radical (unpaired) electrons. The summed E-state index contributed by atoms with van der Waals surface area (Å²) in [6.07, 6.45) is 2.35. The molecule has 3 N–H and O–H groups in total. The molecular formula is C17H26N2O3. The zero-order valence-corrected chi connectivity index (χ0v) is 13.6. The summed E-state index contributed by atoms with van der Waals surface area (Å²) in [4.78, 5) is 12.2. The second-order valence-electron chi connectivity index (χ2n) is 6.28. The molecule has 2 rings (SSSR count). The molecule has 1 aromatic rings. The van der Waals surface area contributed by atoms with Crippen molar-refractivity contribution in [3.8, 4) is 11.5 Å². The number of benzene rings is 1. The summed E-state index contributed by atoms with van der Waals surface area (Å²) < 4.78 is 11.0. The lowest BCUT2D eigenvalue weighted by Gasteiger charge is -2.14. The summed E-state index contributed by atoms with van der Waals surface area (Å²) in [5, 5.41) is 2.88. The third kappa shape index (κ3) is 4.63. The van der Waals surface area contributed by atoms with E-state index in [1.54, 1.807) is 25.3 Å². The Kier molecular flexibility index (Phi) is 5.66. The highest BCUT2D eigenvalue weighted by atomic mass is 16.5. The average molecular weight is 306 g/mol. The molecule has 1 aliphatic carbocycles. The predicted octanol–water partition coefficient (Wildman–Crippen LogP) is 2.20. The summed E-state index contributed by atoms with van der Waals surface area (Å²) in [6, 6.07) is 5.28. The van der Waals surface area contributed by atoms with Gasteiger partial charge in [-0.1, -0.05) is 13.8 Å². The van der Waals surface area contributed by atoms with Crippen molar-refractivity contribution in [1.82, 2.24) is 5.32 Å². The summed E-state index contributed by atoms with van der Waals surface area (Å²) in [6.45, 7) is 5.28. The zero-order chi connectivity index (χ0) is 16.1. The molecule has 0 spiro atoms. The van der Waals surface area contributed by atoms with Gasteiger partial charge in [-0.25, -0.2) is 0 Å². The van der Waals surface area contributed by atoms with Crippen LogP contribution in [0, 0.1) is 11.8 Å². The molecule has 0 aliphatic heterocycles. The zero-order valence-electron chi connectivity index (χ0n) is 13.6. The number of hydrogen-bond donors (Lipinski definition) is 2. The van der Waals surface area contributed by atoms with Gasteiger partial charge in [-0.05, 0) is 42.9 Å². The lowest BCUT2D eigenvalue weighted by Crippen LogP contribution is -2.38. The molecule has 1 amide bonds. The number of carbonyl (C=O) groups excluding carboxylic acids is 1. The van der Waals surface area contributed by atoms with Gasteiger partial charge in [0.1, 0.15) is 0 Å². The van der Waals surface area contributed by atoms with Crippen molar-refractivity contribution in [3.05, 3.63) is 23.8 Å². The maximum Gasteiger partial charge on any atom is 0.251 e. The van der Waals surface area contributed by atoms with Crippen molar-refractivity contribution in [2.45, 2.75) is 32.7 Å². The van der Waals surface area contributed by atoms with E-state index in [1.165, 1.54) is 12.8 Å². The van der Waals surface area contributed by atoms with E-state index in [-0.39, 0.29) is 11.9 Å². The molecule has 1 saturated carbocycles. The van der Waals surface area contributed by atoms with E-state index in [0.717, 1.165) is 0 Å². The number of nitrogens with two attached hydrogens (primary N) is 1. The minimum absolute atomic E-state index is 0.0551. The summed E-state index contributed by atoms with van der Waals surface area (Å²) in [5.41, 5.74) is 6.55. The smallest absolute Gasteiger partial charge is 0.251 e. The first kappa shape index (κ1) is 16.6. The highest BCUT2D eigenvalue weighted by Crippen LogP contribution is 2.31. The fraction of sp³-hybridized carbons (Fsp3) is 0.588. The minimum Gasteiger partial charge on any atom is -0.493 e. The number of ether oxygens (including phenoxy) is 2. The van der Waals surface area contributed by atoms with E-state index in [9.17, 15) is 4.79 Å². The van der Waals surface area contributed by atoms with Crippen molar-refractivity contribution in [2.75, 3.05) is 20.3 Å². The van der Waals surface area contributed by atoms with Crippen LogP contribution in [-0.2, 0) is 0 Å². The third-order valence-electron chi connectivity index (χ3n) is 3.72. The van der Waals surface area contributed by atoms with E-state index in [2.05, 4.69) is 19.2 Å². The molecule has 0 heterocycles. The van der Waals surface area contributed by atoms with Crippen molar-refractivity contribution < 1.29 is 14.3 Å². The molecule has 0 saturated heterocycles. The maximum atomic E-state index is 12.2. The van der Waals surface area contributed by atoms with Crippen LogP contribution in [0.4, 0.5) is 0 Å². The van der Waals surface area contributed by atoms with Crippen LogP contribution in [0.5, 0.6) is 11.5 Å². The second kappa shape index (κ2) is 7.49. The van der Waals surface area contributed by atoms with Gasteiger partial charge in [0.05, 0.1) is 13.7 Å². The maximum absolute atomic E-state index is 12.2. The van der Waals surface area contributed by atoms with Crippen LogP contribution in [0.25, 0.3) is 0 Å². The van der Waals surface area contributed by atoms with Gasteiger partial charge in [0.25, 0.3) is 5.91 Å². The molecule has 1 aromatic carbocycles. The van der Waals surface area contributed by atoms with Crippen LogP contribution in [0.3, 0.4) is 0 Å². The summed E-state index contributed by atoms with van der Waals surface area (Å²) >= 11 is 0. The van der Waals surface area contributed by atoms with E-state index >= 15 is 0 Å². The first-order valence-corrected chi connectivity index (χ1v) is 7.86. The van der Waals surface area contributed by atoms with Gasteiger partial charge in [-0.15, -0.1) is 0 Å². The Bertz CT molecular complexity index is 513. The molecule has 1 aliphatic rings. The molecule has 1 atom stereocenters. The number of methoxy groups -OCH3 is 1. The van der Waals surface area contributed by atoms with Crippen LogP contribution in [-0.4, -0.2) is 32.2 Å². The number of amides is 1. The predicted molar refractivity (Wildman–Crippen MR) is 86.4 cm³/mol. The summed E-state index contributed by atoms with van der Waals surface area (Å²) in [5.74, 6) is 2.09. The lowest BCUT2D eigenvalue weighted by molar-refractivity contribution is 0.0950. The van der Waals surface area contributed by atoms with Gasteiger partial charge in [0.15, 0.2) is 11.5 Å². The van der Waals surface area contributed by atoms with Gasteiger partial charge >= 0.3 is 0 Å². The number of nitrogens with one attached hydrogen (secondary N) is 1. The molecule has 0 aromatic heterocycles. The Morgan fingerprint density at radius 2 is 2.09 bits per heavy atom. The number of carbonyl (C=O) groups is 1. The highest BCUT2D eigenvalue weighted by molar-refractivity contribution is 5.94. The highest BCUT2D eigenvalue weighted by Gasteiger charge is 2.28. The van der Waals surface area contributed by atoms with Gasteiger partial charge in [0, 0.05) is 18.2 Å². The molecule has 1 fully saturated rings. The Morgan fingerprint density at radius 3 is 2.68 bits per heavy atom. The number of rotatable bonds is 8. The molecule has 22 heavy (non-hydrogen) atoms. The van der Waals surface area contributed by atoms with Crippen molar-refractivity contribution in [3.63, 3.8) is 0 Å². The second-order valence-corrected chi connectivity index (χ2v) is 6.28. The SMILES string of the molecule is COc1cc(C(=O)NCC(N)C2CC2)ccc1OCC(C)C. The van der Waals surface area contributed by atoms with Crippen molar-refractivity contribution in [2.24, 2.45) is 17.6 Å². The first-order valence-electron chi connectivity index (χ1n) is 7.86. The largest absolute Gasteiger partial charge is 0.493 e. The Labute approximate surface area is 132 Å². The van der Waals surface area contributed by atoms with Crippen LogP contribution >= 0.6 is 0 Å². The van der Waals surface area contributed by atoms with Crippen LogP contribution < -0.4 is 20.5 Å². The van der Waals surface area contributed by atoms with Crippen LogP contribution in [0.2, 0.25) is 0 Å². The summed E-state index contributed by atoms with van der Waals surface area (Å²) in [7, 11) is 1.57. The van der Waals surface area contributed by atoms with E-state index in [4.69, 9.17) is 15.2 Å². The minimum atomic E-state index is -0.134. The van der Waals surface area contributed by atoms with Gasteiger partial charge < -0.3 is 20.5 Å². The molecule has 5 heteroatoms. The monoisotopic (exact) mass is 306 g/mol. The Hall–Kier alpha value is -1.75. The fourth-order valence-electron chi connectivity index (χ4n) is 2.19. The topological polar surface area (TPSA) is 73.6 Å². The fourth-order valence-corrected chi connectivity index (χ4v) is 2.19. The van der Waals surface area contributed by atoms with Crippen LogP contribution in [0.1, 0.15) is 37.0 Å². The number of hydrogen-bond acceptors (Lipinski definition) is 4. The third-order valence-corrected chi connectivity index (χ3v) is 3.72. The van der Waals surface area contributed by atoms with Crippen molar-refractivity contribution in [1.29, 1.82) is 0 Å². The van der Waals surface area contributed by atoms with Gasteiger partial charge in [-0.3, -0.25) is 4.79 Å². The quantitative estimate of drug-likeness (QED) is 0.772. The molecule has 5 nitrogen and oxygen atoms in total. The molecular weight excluding hydrogens is 280 g/mol. The van der Waals surface area contributed by atoms with Gasteiger partial charge in [0.2, 0.25) is 0 Å². The standard InChI is InChI=1S/C17H26N2O3/c1-11(2)10-22-15-7-6-13(8-16(15)21-3)17(20)19-9-14(18)12-4-5-12/h6-8,11-12,14H,4-5,9-10,18H2,1-3H3,(H,19,20). The Morgan fingerprint density at radius 1 is 1.36 bits per heavy atom. The van der Waals surface area contributed by atoms with Crippen LogP contribution in [0.15, 0.2) is 18.2 Å². The van der Waals surface area contributed by atoms with E-state index in [1.807, 2.05) is 0 Å². The molecule has 1 unspecified atom stereocenters. The Balaban J connectivity index is 1.96. The lowest BCUT2D eigenvalue weighted by atomic mass is 10.1. The van der Waals surface area contributed by atoms with E-state index in [0.29, 0.717) is 42.0 Å². The average Bonchev–Trinajstić information content (AvgIpc) is 3.34. The molecule has 122 valence electrons. The molecule has 0 bridgehead atoms. The van der Waals surface area contributed by atoms with Crippen molar-refractivity contribution >= 4 is 5.91 Å². The van der Waals surface area contributed by atoms with Gasteiger partial charge in [-0.2, -0.15) is 0 Å². The van der Waals surface area contributed by atoms with E-state index < -0.39 is 0 Å². The normalized spacial score (nSPS) is 15.5.